The molecular weight excluding hydrogens is 272 g/mol. The van der Waals surface area contributed by atoms with Gasteiger partial charge in [0.25, 0.3) is 5.91 Å². The molecule has 106 valence electrons. The molecule has 1 amide bonds. The number of carbonyl (C=O) groups excluding carboxylic acids is 1. The third-order valence-electron chi connectivity index (χ3n) is 2.89. The Morgan fingerprint density at radius 2 is 2.10 bits per heavy atom. The molecule has 0 aliphatic heterocycles. The predicted molar refractivity (Wildman–Crippen MR) is 82.2 cm³/mol. The fraction of sp³-hybridized carbons (Fsp3) is 0.375. The Labute approximate surface area is 125 Å². The SMILES string of the molecule is CCCCCCNC(=O)/C(C#N)=C/c1ccccc1Cl. The fourth-order valence-corrected chi connectivity index (χ4v) is 1.94. The molecule has 0 unspecified atom stereocenters. The van der Waals surface area contributed by atoms with Crippen molar-refractivity contribution in [3.05, 3.63) is 40.4 Å². The van der Waals surface area contributed by atoms with Crippen molar-refractivity contribution in [1.29, 1.82) is 5.26 Å². The number of hydrogen-bond acceptors (Lipinski definition) is 2. The van der Waals surface area contributed by atoms with E-state index >= 15 is 0 Å². The molecule has 1 aromatic rings. The lowest BCUT2D eigenvalue weighted by atomic mass is 10.1. The van der Waals surface area contributed by atoms with Gasteiger partial charge in [0.05, 0.1) is 0 Å². The van der Waals surface area contributed by atoms with Crippen molar-refractivity contribution in [3.8, 4) is 6.07 Å². The summed E-state index contributed by atoms with van der Waals surface area (Å²) < 4.78 is 0. The minimum absolute atomic E-state index is 0.0774. The highest BCUT2D eigenvalue weighted by Crippen LogP contribution is 2.18. The number of nitrogens with zero attached hydrogens (tertiary/aromatic N) is 1. The molecule has 0 saturated heterocycles. The number of carbonyl (C=O) groups is 1. The van der Waals surface area contributed by atoms with Gasteiger partial charge in [-0.3, -0.25) is 4.79 Å². The van der Waals surface area contributed by atoms with E-state index in [0.717, 1.165) is 25.7 Å². The van der Waals surface area contributed by atoms with Gasteiger partial charge in [-0.25, -0.2) is 0 Å². The largest absolute Gasteiger partial charge is 0.351 e. The molecule has 1 aromatic carbocycles. The number of benzene rings is 1. The molecule has 4 heteroatoms. The summed E-state index contributed by atoms with van der Waals surface area (Å²) in [4.78, 5) is 11.9. The maximum Gasteiger partial charge on any atom is 0.261 e. The molecule has 0 radical (unpaired) electrons. The van der Waals surface area contributed by atoms with Crippen molar-refractivity contribution in [2.75, 3.05) is 6.54 Å². The van der Waals surface area contributed by atoms with Crippen LogP contribution in [0.1, 0.15) is 38.2 Å². The van der Waals surface area contributed by atoms with Crippen LogP contribution in [0.5, 0.6) is 0 Å². The molecule has 0 saturated carbocycles. The number of unbranched alkanes of at least 4 members (excludes halogenated alkanes) is 3. The van der Waals surface area contributed by atoms with Crippen molar-refractivity contribution < 1.29 is 4.79 Å². The lowest BCUT2D eigenvalue weighted by Crippen LogP contribution is -2.25. The van der Waals surface area contributed by atoms with Crippen molar-refractivity contribution in [3.63, 3.8) is 0 Å². The van der Waals surface area contributed by atoms with Gasteiger partial charge in [0.2, 0.25) is 0 Å². The molecule has 0 spiro atoms. The van der Waals surface area contributed by atoms with Gasteiger partial charge in [-0.2, -0.15) is 5.26 Å². The summed E-state index contributed by atoms with van der Waals surface area (Å²) >= 11 is 6.01. The minimum atomic E-state index is -0.344. The van der Waals surface area contributed by atoms with Crippen LogP contribution in [0, 0.1) is 11.3 Å². The van der Waals surface area contributed by atoms with E-state index in [0.29, 0.717) is 17.1 Å². The van der Waals surface area contributed by atoms with E-state index in [4.69, 9.17) is 16.9 Å². The van der Waals surface area contributed by atoms with Gasteiger partial charge in [-0.15, -0.1) is 0 Å². The Morgan fingerprint density at radius 1 is 1.35 bits per heavy atom. The maximum absolute atomic E-state index is 11.9. The predicted octanol–water partition coefficient (Wildman–Crippen LogP) is 3.94. The first-order valence-electron chi connectivity index (χ1n) is 6.83. The van der Waals surface area contributed by atoms with Crippen LogP contribution >= 0.6 is 11.6 Å². The Balaban J connectivity index is 2.60. The molecule has 0 atom stereocenters. The Morgan fingerprint density at radius 3 is 2.75 bits per heavy atom. The van der Waals surface area contributed by atoms with Crippen LogP contribution in [0.15, 0.2) is 29.8 Å². The number of halogens is 1. The molecular formula is C16H19ClN2O. The van der Waals surface area contributed by atoms with E-state index in [1.54, 1.807) is 18.2 Å². The van der Waals surface area contributed by atoms with Gasteiger partial charge < -0.3 is 5.32 Å². The molecule has 0 heterocycles. The summed E-state index contributed by atoms with van der Waals surface area (Å²) in [6.45, 7) is 2.74. The molecule has 0 fully saturated rings. The fourth-order valence-electron chi connectivity index (χ4n) is 1.75. The molecule has 3 nitrogen and oxygen atoms in total. The van der Waals surface area contributed by atoms with Gasteiger partial charge in [0.1, 0.15) is 11.6 Å². The molecule has 0 aliphatic carbocycles. The topological polar surface area (TPSA) is 52.9 Å². The highest BCUT2D eigenvalue weighted by Gasteiger charge is 2.09. The summed E-state index contributed by atoms with van der Waals surface area (Å²) in [7, 11) is 0. The van der Waals surface area contributed by atoms with Crippen LogP contribution < -0.4 is 5.32 Å². The second-order valence-corrected chi connectivity index (χ2v) is 4.92. The third kappa shape index (κ3) is 5.46. The summed E-state index contributed by atoms with van der Waals surface area (Å²) in [5, 5.41) is 12.4. The number of hydrogen-bond donors (Lipinski definition) is 1. The van der Waals surface area contributed by atoms with Gasteiger partial charge in [0.15, 0.2) is 0 Å². The molecule has 1 rings (SSSR count). The van der Waals surface area contributed by atoms with Gasteiger partial charge >= 0.3 is 0 Å². The Bertz CT molecular complexity index is 517. The van der Waals surface area contributed by atoms with E-state index in [1.165, 1.54) is 6.08 Å². The summed E-state index contributed by atoms with van der Waals surface area (Å²) in [6.07, 6.45) is 5.86. The standard InChI is InChI=1S/C16H19ClN2O/c1-2-3-4-7-10-19-16(20)14(12-18)11-13-8-5-6-9-15(13)17/h5-6,8-9,11H,2-4,7,10H2,1H3,(H,19,20)/b14-11+. The number of nitriles is 1. The van der Waals surface area contributed by atoms with E-state index < -0.39 is 0 Å². The lowest BCUT2D eigenvalue weighted by Gasteiger charge is -2.04. The summed E-state index contributed by atoms with van der Waals surface area (Å²) in [6, 6.07) is 9.04. The Hall–Kier alpha value is -1.79. The number of rotatable bonds is 7. The van der Waals surface area contributed by atoms with E-state index in [2.05, 4.69) is 12.2 Å². The van der Waals surface area contributed by atoms with Crippen LogP contribution in [-0.2, 0) is 4.79 Å². The third-order valence-corrected chi connectivity index (χ3v) is 3.23. The molecule has 1 N–H and O–H groups in total. The van der Waals surface area contributed by atoms with Gasteiger partial charge in [0, 0.05) is 11.6 Å². The van der Waals surface area contributed by atoms with Crippen molar-refractivity contribution >= 4 is 23.6 Å². The molecule has 0 bridgehead atoms. The van der Waals surface area contributed by atoms with Crippen LogP contribution in [0.2, 0.25) is 5.02 Å². The number of amides is 1. The van der Waals surface area contributed by atoms with Crippen LogP contribution in [0.25, 0.3) is 6.08 Å². The average Bonchev–Trinajstić information content (AvgIpc) is 2.46. The summed E-state index contributed by atoms with van der Waals surface area (Å²) in [5.41, 5.74) is 0.750. The zero-order chi connectivity index (χ0) is 14.8. The zero-order valence-electron chi connectivity index (χ0n) is 11.7. The minimum Gasteiger partial charge on any atom is -0.351 e. The van der Waals surface area contributed by atoms with E-state index in [1.807, 2.05) is 12.1 Å². The van der Waals surface area contributed by atoms with Crippen LogP contribution in [0.4, 0.5) is 0 Å². The smallest absolute Gasteiger partial charge is 0.261 e. The first-order chi connectivity index (χ1) is 9.69. The second kappa shape index (κ2) is 9.17. The molecule has 20 heavy (non-hydrogen) atoms. The van der Waals surface area contributed by atoms with Gasteiger partial charge in [-0.05, 0) is 24.1 Å². The van der Waals surface area contributed by atoms with Gasteiger partial charge in [-0.1, -0.05) is 56.0 Å². The first kappa shape index (κ1) is 16.3. The monoisotopic (exact) mass is 290 g/mol. The molecule has 0 aliphatic rings. The Kier molecular flexibility index (Phi) is 7.46. The highest BCUT2D eigenvalue weighted by molar-refractivity contribution is 6.32. The average molecular weight is 291 g/mol. The zero-order valence-corrected chi connectivity index (χ0v) is 12.4. The first-order valence-corrected chi connectivity index (χ1v) is 7.21. The second-order valence-electron chi connectivity index (χ2n) is 4.51. The van der Waals surface area contributed by atoms with Crippen molar-refractivity contribution in [2.24, 2.45) is 0 Å². The van der Waals surface area contributed by atoms with E-state index in [9.17, 15) is 4.79 Å². The van der Waals surface area contributed by atoms with E-state index in [-0.39, 0.29) is 11.5 Å². The van der Waals surface area contributed by atoms with Crippen LogP contribution in [-0.4, -0.2) is 12.5 Å². The lowest BCUT2D eigenvalue weighted by molar-refractivity contribution is -0.117. The molecule has 0 aromatic heterocycles. The van der Waals surface area contributed by atoms with Crippen molar-refractivity contribution in [1.82, 2.24) is 5.32 Å². The maximum atomic E-state index is 11.9. The normalized spacial score (nSPS) is 10.9. The van der Waals surface area contributed by atoms with Crippen LogP contribution in [0.3, 0.4) is 0 Å². The number of nitrogens with one attached hydrogen (secondary N) is 1. The quantitative estimate of drug-likeness (QED) is 0.470. The van der Waals surface area contributed by atoms with Crippen molar-refractivity contribution in [2.45, 2.75) is 32.6 Å². The highest BCUT2D eigenvalue weighted by atomic mass is 35.5. The summed E-state index contributed by atoms with van der Waals surface area (Å²) in [5.74, 6) is -0.344.